The van der Waals surface area contributed by atoms with Crippen LogP contribution >= 0.6 is 11.6 Å². The van der Waals surface area contributed by atoms with Crippen LogP contribution in [0.25, 0.3) is 0 Å². The summed E-state index contributed by atoms with van der Waals surface area (Å²) in [5.41, 5.74) is 0.511. The van der Waals surface area contributed by atoms with E-state index in [-0.39, 0.29) is 5.92 Å². The molecule has 0 radical (unpaired) electrons. The highest BCUT2D eigenvalue weighted by atomic mass is 35.5. The minimum absolute atomic E-state index is 0.240. The summed E-state index contributed by atoms with van der Waals surface area (Å²) >= 11 is 5.98. The first kappa shape index (κ1) is 16.5. The molecular weight excluding hydrogens is 310 g/mol. The highest BCUT2D eigenvalue weighted by Crippen LogP contribution is 2.45. The summed E-state index contributed by atoms with van der Waals surface area (Å²) in [5.74, 6) is 0.568. The smallest absolute Gasteiger partial charge is 0.137 e. The molecule has 1 aliphatic carbocycles. The van der Waals surface area contributed by atoms with Crippen molar-refractivity contribution in [3.63, 3.8) is 0 Å². The van der Waals surface area contributed by atoms with Crippen molar-refractivity contribution in [1.29, 1.82) is 0 Å². The van der Waals surface area contributed by atoms with Crippen LogP contribution in [-0.4, -0.2) is 25.5 Å². The van der Waals surface area contributed by atoms with Crippen LogP contribution in [0.2, 0.25) is 5.02 Å². The monoisotopic (exact) mass is 333 g/mol. The molecule has 1 aromatic carbocycles. The summed E-state index contributed by atoms with van der Waals surface area (Å²) in [6.45, 7) is 2.71. The molecule has 124 valence electrons. The summed E-state index contributed by atoms with van der Waals surface area (Å²) in [7, 11) is 0. The van der Waals surface area contributed by atoms with E-state index in [1.807, 2.05) is 12.1 Å². The fourth-order valence-corrected chi connectivity index (χ4v) is 4.12. The van der Waals surface area contributed by atoms with Crippen LogP contribution in [0.15, 0.2) is 36.9 Å². The van der Waals surface area contributed by atoms with Crippen LogP contribution < -0.4 is 0 Å². The Labute approximate surface area is 142 Å². The standard InChI is InChI=1S/C18H24ClN3O/c1-2-3-15-6-7-16(10-14-4-8-17(19)9-5-14)18(15,23)11-22-13-20-12-21-22/h4-5,8-9,12-13,15-16,23H,2-3,6-7,10-11H2,1H3. The average molecular weight is 334 g/mol. The van der Waals surface area contributed by atoms with Crippen LogP contribution in [0, 0.1) is 11.8 Å². The van der Waals surface area contributed by atoms with Crippen LogP contribution in [0.4, 0.5) is 0 Å². The zero-order valence-corrected chi connectivity index (χ0v) is 14.3. The summed E-state index contributed by atoms with van der Waals surface area (Å²) in [5, 5.41) is 16.5. The van der Waals surface area contributed by atoms with Crippen molar-refractivity contribution in [2.24, 2.45) is 11.8 Å². The Morgan fingerprint density at radius 1 is 1.26 bits per heavy atom. The van der Waals surface area contributed by atoms with Crippen LogP contribution in [0.3, 0.4) is 0 Å². The van der Waals surface area contributed by atoms with Gasteiger partial charge in [0, 0.05) is 5.02 Å². The quantitative estimate of drug-likeness (QED) is 0.876. The molecule has 1 heterocycles. The number of aliphatic hydroxyl groups is 1. The molecule has 1 saturated carbocycles. The SMILES string of the molecule is CCCC1CCC(Cc2ccc(Cl)cc2)C1(O)Cn1cncn1. The van der Waals surface area contributed by atoms with Gasteiger partial charge in [0.2, 0.25) is 0 Å². The summed E-state index contributed by atoms with van der Waals surface area (Å²) in [4.78, 5) is 4.01. The molecule has 0 aliphatic heterocycles. The maximum atomic E-state index is 11.5. The molecular formula is C18H24ClN3O. The molecule has 4 nitrogen and oxygen atoms in total. The number of halogens is 1. The Hall–Kier alpha value is -1.39. The number of nitrogens with zero attached hydrogens (tertiary/aromatic N) is 3. The first-order valence-corrected chi connectivity index (χ1v) is 8.79. The normalized spacial score (nSPS) is 27.4. The first-order valence-electron chi connectivity index (χ1n) is 8.41. The van der Waals surface area contributed by atoms with E-state index in [1.54, 1.807) is 11.0 Å². The second-order valence-electron chi connectivity index (χ2n) is 6.67. The van der Waals surface area contributed by atoms with Gasteiger partial charge in [0.15, 0.2) is 0 Å². The minimum atomic E-state index is -0.719. The molecule has 1 fully saturated rings. The van der Waals surface area contributed by atoms with Crippen molar-refractivity contribution in [1.82, 2.24) is 14.8 Å². The number of aromatic nitrogens is 3. The largest absolute Gasteiger partial charge is 0.387 e. The number of benzene rings is 1. The average Bonchev–Trinajstić information content (AvgIpc) is 3.13. The zero-order valence-electron chi connectivity index (χ0n) is 13.5. The Morgan fingerprint density at radius 2 is 2.00 bits per heavy atom. The highest BCUT2D eigenvalue weighted by molar-refractivity contribution is 6.30. The van der Waals surface area contributed by atoms with Crippen molar-refractivity contribution in [3.05, 3.63) is 47.5 Å². The molecule has 0 bridgehead atoms. The van der Waals surface area contributed by atoms with Gasteiger partial charge in [-0.25, -0.2) is 4.98 Å². The van der Waals surface area contributed by atoms with Crippen LogP contribution in [0.5, 0.6) is 0 Å². The number of hydrogen-bond acceptors (Lipinski definition) is 3. The van der Waals surface area contributed by atoms with Crippen molar-refractivity contribution in [2.75, 3.05) is 0 Å². The third-order valence-corrected chi connectivity index (χ3v) is 5.44. The Balaban J connectivity index is 1.80. The van der Waals surface area contributed by atoms with E-state index in [0.29, 0.717) is 12.5 Å². The second kappa shape index (κ2) is 7.02. The lowest BCUT2D eigenvalue weighted by atomic mass is 9.79. The minimum Gasteiger partial charge on any atom is -0.387 e. The predicted molar refractivity (Wildman–Crippen MR) is 91.2 cm³/mol. The third-order valence-electron chi connectivity index (χ3n) is 5.19. The van der Waals surface area contributed by atoms with E-state index in [9.17, 15) is 5.11 Å². The van der Waals surface area contributed by atoms with E-state index in [0.717, 1.165) is 37.1 Å². The molecule has 3 unspecified atom stereocenters. The predicted octanol–water partition coefficient (Wildman–Crippen LogP) is 3.73. The molecule has 0 spiro atoms. The summed E-state index contributed by atoms with van der Waals surface area (Å²) < 4.78 is 1.77. The van der Waals surface area contributed by atoms with Crippen molar-refractivity contribution in [2.45, 2.75) is 51.2 Å². The fraction of sp³-hybridized carbons (Fsp3) is 0.556. The van der Waals surface area contributed by atoms with Crippen molar-refractivity contribution >= 4 is 11.6 Å². The molecule has 23 heavy (non-hydrogen) atoms. The van der Waals surface area contributed by atoms with Gasteiger partial charge in [-0.15, -0.1) is 0 Å². The van der Waals surface area contributed by atoms with Gasteiger partial charge in [-0.1, -0.05) is 37.1 Å². The molecule has 2 aromatic rings. The number of rotatable bonds is 6. The summed E-state index contributed by atoms with van der Waals surface area (Å²) in [6.07, 6.45) is 8.39. The fourth-order valence-electron chi connectivity index (χ4n) is 3.99. The van der Waals surface area contributed by atoms with Gasteiger partial charge in [0.25, 0.3) is 0 Å². The van der Waals surface area contributed by atoms with Gasteiger partial charge in [-0.05, 0) is 55.2 Å². The maximum absolute atomic E-state index is 11.5. The highest BCUT2D eigenvalue weighted by Gasteiger charge is 2.48. The molecule has 5 heteroatoms. The molecule has 0 amide bonds. The lowest BCUT2D eigenvalue weighted by Crippen LogP contribution is -2.44. The molecule has 1 aromatic heterocycles. The van der Waals surface area contributed by atoms with E-state index < -0.39 is 5.60 Å². The third kappa shape index (κ3) is 3.59. The van der Waals surface area contributed by atoms with E-state index in [4.69, 9.17) is 11.6 Å². The molecule has 0 saturated heterocycles. The Bertz CT molecular complexity index is 614. The second-order valence-corrected chi connectivity index (χ2v) is 7.11. The van der Waals surface area contributed by atoms with Crippen LogP contribution in [-0.2, 0) is 13.0 Å². The molecule has 1 aliphatic rings. The summed E-state index contributed by atoms with van der Waals surface area (Å²) in [6, 6.07) is 7.97. The molecule has 1 N–H and O–H groups in total. The first-order chi connectivity index (χ1) is 11.1. The van der Waals surface area contributed by atoms with Gasteiger partial charge in [0.1, 0.15) is 12.7 Å². The van der Waals surface area contributed by atoms with E-state index in [1.165, 1.54) is 11.9 Å². The van der Waals surface area contributed by atoms with E-state index >= 15 is 0 Å². The van der Waals surface area contributed by atoms with Gasteiger partial charge >= 0.3 is 0 Å². The Morgan fingerprint density at radius 3 is 2.65 bits per heavy atom. The molecule has 3 atom stereocenters. The van der Waals surface area contributed by atoms with Crippen LogP contribution in [0.1, 0.15) is 38.2 Å². The molecule has 3 rings (SSSR count). The lowest BCUT2D eigenvalue weighted by molar-refractivity contribution is -0.0560. The van der Waals surface area contributed by atoms with Gasteiger partial charge in [0.05, 0.1) is 12.1 Å². The van der Waals surface area contributed by atoms with Gasteiger partial charge in [-0.2, -0.15) is 5.10 Å². The van der Waals surface area contributed by atoms with Crippen molar-refractivity contribution < 1.29 is 5.11 Å². The van der Waals surface area contributed by atoms with Gasteiger partial charge < -0.3 is 5.11 Å². The van der Waals surface area contributed by atoms with Crippen molar-refractivity contribution in [3.8, 4) is 0 Å². The van der Waals surface area contributed by atoms with Gasteiger partial charge in [-0.3, -0.25) is 4.68 Å². The number of hydrogen-bond donors (Lipinski definition) is 1. The topological polar surface area (TPSA) is 50.9 Å². The van der Waals surface area contributed by atoms with E-state index in [2.05, 4.69) is 29.1 Å². The maximum Gasteiger partial charge on any atom is 0.137 e. The Kier molecular flexibility index (Phi) is 5.02. The lowest BCUT2D eigenvalue weighted by Gasteiger charge is -2.35. The zero-order chi connectivity index (χ0) is 16.3.